The Kier molecular flexibility index (Phi) is 6.05. The molecule has 0 saturated heterocycles. The van der Waals surface area contributed by atoms with E-state index < -0.39 is 20.7 Å². The third-order valence-corrected chi connectivity index (χ3v) is 6.66. The molecule has 27 heavy (non-hydrogen) atoms. The topological polar surface area (TPSA) is 71.1 Å². The van der Waals surface area contributed by atoms with E-state index in [-0.39, 0.29) is 16.2 Å². The van der Waals surface area contributed by atoms with Crippen LogP contribution in [0.4, 0.5) is 15.2 Å². The first-order valence-electron chi connectivity index (χ1n) is 7.69. The van der Waals surface area contributed by atoms with Crippen LogP contribution in [0.25, 0.3) is 0 Å². The van der Waals surface area contributed by atoms with Gasteiger partial charge < -0.3 is 5.32 Å². The minimum atomic E-state index is -4.13. The molecule has 2 aromatic carbocycles. The number of hydrogen-bond donors (Lipinski definition) is 2. The predicted octanol–water partition coefficient (Wildman–Crippen LogP) is 5.67. The van der Waals surface area contributed by atoms with E-state index in [1.54, 1.807) is 5.38 Å². The summed E-state index contributed by atoms with van der Waals surface area (Å²) in [5.74, 6) is -0.910. The maximum absolute atomic E-state index is 14.5. The number of nitrogens with zero attached hydrogens (tertiary/aromatic N) is 1. The van der Waals surface area contributed by atoms with Crippen molar-refractivity contribution in [3.05, 3.63) is 68.9 Å². The number of hydrogen-bond acceptors (Lipinski definition) is 5. The van der Waals surface area contributed by atoms with Crippen molar-refractivity contribution < 1.29 is 12.8 Å². The van der Waals surface area contributed by atoms with Gasteiger partial charge in [-0.25, -0.2) is 17.8 Å². The average molecular weight is 491 g/mol. The van der Waals surface area contributed by atoms with E-state index >= 15 is 0 Å². The molecule has 0 aliphatic carbocycles. The predicted molar refractivity (Wildman–Crippen MR) is 111 cm³/mol. The van der Waals surface area contributed by atoms with E-state index in [2.05, 4.69) is 31.0 Å². The number of anilines is 2. The summed E-state index contributed by atoms with van der Waals surface area (Å²) in [6.45, 7) is 1.89. The van der Waals surface area contributed by atoms with Crippen LogP contribution in [-0.2, 0) is 10.0 Å². The maximum atomic E-state index is 14.5. The van der Waals surface area contributed by atoms with Crippen molar-refractivity contribution in [2.45, 2.75) is 17.9 Å². The van der Waals surface area contributed by atoms with E-state index in [1.165, 1.54) is 6.20 Å². The van der Waals surface area contributed by atoms with E-state index in [4.69, 9.17) is 11.6 Å². The van der Waals surface area contributed by atoms with Crippen molar-refractivity contribution in [2.75, 3.05) is 10.0 Å². The molecular formula is C17H14BrClFN3O2S2. The van der Waals surface area contributed by atoms with Gasteiger partial charge in [0.05, 0.1) is 10.7 Å². The monoisotopic (exact) mass is 489 g/mol. The van der Waals surface area contributed by atoms with Crippen LogP contribution in [0.5, 0.6) is 0 Å². The minimum absolute atomic E-state index is 0.0951. The fourth-order valence-electron chi connectivity index (χ4n) is 2.38. The summed E-state index contributed by atoms with van der Waals surface area (Å²) >= 11 is 10.7. The van der Waals surface area contributed by atoms with Crippen molar-refractivity contribution >= 4 is 59.7 Å². The molecule has 0 aliphatic rings. The SMILES string of the molecule is CC(Nc1cc(F)c(S(=O)(=O)Nc2nccs2)cc1Cl)c1cccc(Br)c1. The van der Waals surface area contributed by atoms with Crippen LogP contribution in [0.2, 0.25) is 5.02 Å². The van der Waals surface area contributed by atoms with Crippen molar-refractivity contribution in [1.82, 2.24) is 4.98 Å². The zero-order valence-corrected chi connectivity index (χ0v) is 17.9. The molecule has 0 saturated carbocycles. The van der Waals surface area contributed by atoms with Gasteiger partial charge in [0.25, 0.3) is 10.0 Å². The summed E-state index contributed by atoms with van der Waals surface area (Å²) in [5.41, 5.74) is 1.26. The van der Waals surface area contributed by atoms with Gasteiger partial charge in [-0.3, -0.25) is 4.72 Å². The molecule has 1 aromatic heterocycles. The van der Waals surface area contributed by atoms with E-state index in [9.17, 15) is 12.8 Å². The fourth-order valence-corrected chi connectivity index (χ4v) is 4.96. The second kappa shape index (κ2) is 8.14. The van der Waals surface area contributed by atoms with Gasteiger partial charge in [0.1, 0.15) is 10.7 Å². The standard InChI is InChI=1S/C17H14BrClFN3O2S2/c1-10(11-3-2-4-12(18)7-11)22-15-9-14(20)16(8-13(15)19)27(24,25)23-17-21-5-6-26-17/h2-10,22H,1H3,(H,21,23). The summed E-state index contributed by atoms with van der Waals surface area (Å²) in [7, 11) is -4.13. The number of aromatic nitrogens is 1. The molecule has 1 heterocycles. The molecular weight excluding hydrogens is 477 g/mol. The lowest BCUT2D eigenvalue weighted by Gasteiger charge is -2.18. The summed E-state index contributed by atoms with van der Waals surface area (Å²) in [6, 6.07) is 9.63. The van der Waals surface area contributed by atoms with Gasteiger partial charge in [0.2, 0.25) is 0 Å². The summed E-state index contributed by atoms with van der Waals surface area (Å²) in [6.07, 6.45) is 1.45. The van der Waals surface area contributed by atoms with Gasteiger partial charge in [-0.15, -0.1) is 11.3 Å². The molecule has 3 aromatic rings. The van der Waals surface area contributed by atoms with E-state index in [1.807, 2.05) is 31.2 Å². The number of benzene rings is 2. The molecule has 0 radical (unpaired) electrons. The first-order chi connectivity index (χ1) is 12.8. The van der Waals surface area contributed by atoms with Crippen LogP contribution in [-0.4, -0.2) is 13.4 Å². The molecule has 10 heteroatoms. The highest BCUT2D eigenvalue weighted by Crippen LogP contribution is 2.32. The Morgan fingerprint density at radius 2 is 2.07 bits per heavy atom. The highest BCUT2D eigenvalue weighted by Gasteiger charge is 2.23. The second-order valence-electron chi connectivity index (χ2n) is 5.63. The minimum Gasteiger partial charge on any atom is -0.377 e. The quantitative estimate of drug-likeness (QED) is 0.467. The molecule has 3 rings (SSSR count). The highest BCUT2D eigenvalue weighted by atomic mass is 79.9. The van der Waals surface area contributed by atoms with Gasteiger partial charge in [0.15, 0.2) is 5.13 Å². The van der Waals surface area contributed by atoms with Crippen LogP contribution < -0.4 is 10.0 Å². The van der Waals surface area contributed by atoms with Gasteiger partial charge >= 0.3 is 0 Å². The Morgan fingerprint density at radius 1 is 1.30 bits per heavy atom. The Hall–Kier alpha value is -1.68. The molecule has 5 nitrogen and oxygen atoms in total. The largest absolute Gasteiger partial charge is 0.377 e. The second-order valence-corrected chi connectivity index (χ2v) is 9.49. The average Bonchev–Trinajstić information content (AvgIpc) is 3.09. The first kappa shape index (κ1) is 20.1. The van der Waals surface area contributed by atoms with Gasteiger partial charge in [-0.2, -0.15) is 0 Å². The molecule has 0 spiro atoms. The fraction of sp³-hybridized carbons (Fsp3) is 0.118. The normalized spacial score (nSPS) is 12.6. The smallest absolute Gasteiger partial charge is 0.266 e. The van der Waals surface area contributed by atoms with Crippen LogP contribution >= 0.6 is 38.9 Å². The lowest BCUT2D eigenvalue weighted by molar-refractivity contribution is 0.570. The van der Waals surface area contributed by atoms with Gasteiger partial charge in [-0.1, -0.05) is 39.7 Å². The van der Waals surface area contributed by atoms with Crippen LogP contribution in [0.1, 0.15) is 18.5 Å². The van der Waals surface area contributed by atoms with E-state index in [0.29, 0.717) is 5.69 Å². The third-order valence-electron chi connectivity index (χ3n) is 3.69. The third kappa shape index (κ3) is 4.78. The van der Waals surface area contributed by atoms with Gasteiger partial charge in [-0.05, 0) is 36.8 Å². The molecule has 0 aliphatic heterocycles. The Balaban J connectivity index is 1.86. The Bertz CT molecular complexity index is 1060. The summed E-state index contributed by atoms with van der Waals surface area (Å²) in [4.78, 5) is 3.29. The van der Waals surface area contributed by atoms with Crippen molar-refractivity contribution in [2.24, 2.45) is 0 Å². The summed E-state index contributed by atoms with van der Waals surface area (Å²) in [5, 5.41) is 4.95. The molecule has 0 fully saturated rings. The molecule has 142 valence electrons. The maximum Gasteiger partial charge on any atom is 0.266 e. The zero-order valence-electron chi connectivity index (χ0n) is 13.9. The molecule has 1 atom stereocenters. The molecule has 0 bridgehead atoms. The van der Waals surface area contributed by atoms with Crippen molar-refractivity contribution in [1.29, 1.82) is 0 Å². The molecule has 0 amide bonds. The Morgan fingerprint density at radius 3 is 2.74 bits per heavy atom. The van der Waals surface area contributed by atoms with Gasteiger partial charge in [0, 0.05) is 22.1 Å². The molecule has 2 N–H and O–H groups in total. The zero-order chi connectivity index (χ0) is 19.6. The molecule has 1 unspecified atom stereocenters. The van der Waals surface area contributed by atoms with E-state index in [0.717, 1.165) is 33.5 Å². The lowest BCUT2D eigenvalue weighted by atomic mass is 10.1. The number of halogens is 3. The number of sulfonamides is 1. The summed E-state index contributed by atoms with van der Waals surface area (Å²) < 4.78 is 42.5. The van der Waals surface area contributed by atoms with Crippen LogP contribution in [0.15, 0.2) is 57.3 Å². The first-order valence-corrected chi connectivity index (χ1v) is 11.2. The number of thiazole rings is 1. The van der Waals surface area contributed by atoms with Crippen LogP contribution in [0.3, 0.4) is 0 Å². The van der Waals surface area contributed by atoms with Crippen LogP contribution in [0, 0.1) is 5.82 Å². The van der Waals surface area contributed by atoms with Crippen molar-refractivity contribution in [3.8, 4) is 0 Å². The highest BCUT2D eigenvalue weighted by molar-refractivity contribution is 9.10. The number of rotatable bonds is 6. The number of nitrogens with one attached hydrogen (secondary N) is 2. The lowest BCUT2D eigenvalue weighted by Crippen LogP contribution is -2.15. The Labute approximate surface area is 173 Å². The van der Waals surface area contributed by atoms with Crippen molar-refractivity contribution in [3.63, 3.8) is 0 Å².